The lowest BCUT2D eigenvalue weighted by atomic mass is 10.2. The Labute approximate surface area is 95.3 Å². The van der Waals surface area contributed by atoms with Gasteiger partial charge in [-0.15, -0.1) is 0 Å². The molecule has 16 heavy (non-hydrogen) atoms. The predicted octanol–water partition coefficient (Wildman–Crippen LogP) is 2.40. The number of aromatic nitrogens is 3. The average Bonchev–Trinajstić information content (AvgIpc) is 2.78. The molecule has 0 aromatic carbocycles. The van der Waals surface area contributed by atoms with E-state index in [-0.39, 0.29) is 0 Å². The maximum atomic E-state index is 4.52. The van der Waals surface area contributed by atoms with Crippen molar-refractivity contribution >= 4 is 5.82 Å². The van der Waals surface area contributed by atoms with Crippen LogP contribution in [0.3, 0.4) is 0 Å². The van der Waals surface area contributed by atoms with Crippen LogP contribution < -0.4 is 5.32 Å². The first kappa shape index (κ1) is 10.7. The highest BCUT2D eigenvalue weighted by Crippen LogP contribution is 2.17. The van der Waals surface area contributed by atoms with Crippen LogP contribution in [-0.2, 0) is 6.54 Å². The van der Waals surface area contributed by atoms with E-state index in [1.54, 1.807) is 0 Å². The number of aryl methyl sites for hydroxylation is 1. The lowest BCUT2D eigenvalue weighted by Gasteiger charge is -2.03. The molecule has 0 atom stereocenters. The molecule has 0 aliphatic rings. The minimum Gasteiger partial charge on any atom is -0.370 e. The number of rotatable bonds is 4. The van der Waals surface area contributed by atoms with Crippen molar-refractivity contribution in [3.8, 4) is 11.3 Å². The van der Waals surface area contributed by atoms with Gasteiger partial charge in [-0.25, -0.2) is 4.98 Å². The number of pyridine rings is 1. The van der Waals surface area contributed by atoms with E-state index < -0.39 is 0 Å². The third kappa shape index (κ3) is 2.21. The molecule has 0 aliphatic carbocycles. The third-order valence-corrected chi connectivity index (χ3v) is 2.36. The topological polar surface area (TPSA) is 42.7 Å². The molecular formula is C12H16N4. The highest BCUT2D eigenvalue weighted by Gasteiger charge is 2.03. The maximum Gasteiger partial charge on any atom is 0.126 e. The molecule has 0 saturated carbocycles. The Balaban J connectivity index is 2.28. The van der Waals surface area contributed by atoms with E-state index in [4.69, 9.17) is 0 Å². The van der Waals surface area contributed by atoms with Gasteiger partial charge in [0.2, 0.25) is 0 Å². The van der Waals surface area contributed by atoms with E-state index in [9.17, 15) is 0 Å². The van der Waals surface area contributed by atoms with E-state index in [2.05, 4.69) is 29.2 Å². The van der Waals surface area contributed by atoms with E-state index in [1.807, 2.05) is 35.3 Å². The average molecular weight is 216 g/mol. The van der Waals surface area contributed by atoms with E-state index in [1.165, 1.54) is 0 Å². The van der Waals surface area contributed by atoms with E-state index >= 15 is 0 Å². The Morgan fingerprint density at radius 3 is 2.88 bits per heavy atom. The molecule has 84 valence electrons. The van der Waals surface area contributed by atoms with E-state index in [0.29, 0.717) is 0 Å². The number of anilines is 1. The summed E-state index contributed by atoms with van der Waals surface area (Å²) in [4.78, 5) is 4.52. The molecule has 0 aliphatic heterocycles. The summed E-state index contributed by atoms with van der Waals surface area (Å²) < 4.78 is 1.90. The van der Waals surface area contributed by atoms with Gasteiger partial charge >= 0.3 is 0 Å². The molecule has 2 aromatic heterocycles. The van der Waals surface area contributed by atoms with Gasteiger partial charge < -0.3 is 5.32 Å². The second-order valence-corrected chi connectivity index (χ2v) is 3.52. The molecule has 2 rings (SSSR count). The molecule has 4 nitrogen and oxygen atoms in total. The summed E-state index contributed by atoms with van der Waals surface area (Å²) in [7, 11) is 0. The molecule has 2 heterocycles. The number of hydrogen-bond acceptors (Lipinski definition) is 3. The molecular weight excluding hydrogens is 200 g/mol. The van der Waals surface area contributed by atoms with Gasteiger partial charge in [-0.1, -0.05) is 6.07 Å². The highest BCUT2D eigenvalue weighted by molar-refractivity contribution is 5.59. The van der Waals surface area contributed by atoms with Crippen LogP contribution in [0.1, 0.15) is 13.8 Å². The quantitative estimate of drug-likeness (QED) is 0.853. The van der Waals surface area contributed by atoms with Crippen LogP contribution >= 0.6 is 0 Å². The Hall–Kier alpha value is -1.84. The minimum absolute atomic E-state index is 0.880. The van der Waals surface area contributed by atoms with Crippen molar-refractivity contribution in [1.29, 1.82) is 0 Å². The third-order valence-electron chi connectivity index (χ3n) is 2.36. The predicted molar refractivity (Wildman–Crippen MR) is 65.3 cm³/mol. The molecule has 0 unspecified atom stereocenters. The fraction of sp³-hybridized carbons (Fsp3) is 0.333. The van der Waals surface area contributed by atoms with Crippen LogP contribution in [0.4, 0.5) is 5.82 Å². The molecule has 0 fully saturated rings. The largest absolute Gasteiger partial charge is 0.370 e. The first-order valence-electron chi connectivity index (χ1n) is 5.57. The fourth-order valence-electron chi connectivity index (χ4n) is 1.54. The van der Waals surface area contributed by atoms with Crippen LogP contribution in [0.15, 0.2) is 30.6 Å². The summed E-state index contributed by atoms with van der Waals surface area (Å²) in [6.07, 6.45) is 3.86. The number of nitrogens with one attached hydrogen (secondary N) is 1. The van der Waals surface area contributed by atoms with Crippen molar-refractivity contribution in [3.63, 3.8) is 0 Å². The van der Waals surface area contributed by atoms with E-state index in [0.717, 1.165) is 30.2 Å². The van der Waals surface area contributed by atoms with Gasteiger partial charge in [-0.05, 0) is 26.0 Å². The summed E-state index contributed by atoms with van der Waals surface area (Å²) in [5, 5.41) is 7.44. The lowest BCUT2D eigenvalue weighted by Crippen LogP contribution is -1.99. The molecule has 0 bridgehead atoms. The monoisotopic (exact) mass is 216 g/mol. The Morgan fingerprint density at radius 1 is 1.31 bits per heavy atom. The van der Waals surface area contributed by atoms with Crippen molar-refractivity contribution in [3.05, 3.63) is 30.6 Å². The first-order valence-corrected chi connectivity index (χ1v) is 5.57. The van der Waals surface area contributed by atoms with Crippen molar-refractivity contribution in [2.24, 2.45) is 0 Å². The van der Waals surface area contributed by atoms with Crippen molar-refractivity contribution in [1.82, 2.24) is 14.8 Å². The molecule has 4 heteroatoms. The molecule has 0 amide bonds. The Bertz CT molecular complexity index is 462. The first-order chi connectivity index (χ1) is 7.83. The summed E-state index contributed by atoms with van der Waals surface area (Å²) in [5.41, 5.74) is 2.01. The fourth-order valence-corrected chi connectivity index (χ4v) is 1.54. The Kier molecular flexibility index (Phi) is 3.19. The van der Waals surface area contributed by atoms with Gasteiger partial charge in [0, 0.05) is 24.8 Å². The normalized spacial score (nSPS) is 10.4. The van der Waals surface area contributed by atoms with Gasteiger partial charge in [0.1, 0.15) is 5.82 Å². The summed E-state index contributed by atoms with van der Waals surface area (Å²) in [6.45, 7) is 5.89. The van der Waals surface area contributed by atoms with Gasteiger partial charge in [0.25, 0.3) is 0 Å². The molecule has 1 N–H and O–H groups in total. The Morgan fingerprint density at radius 2 is 2.19 bits per heavy atom. The van der Waals surface area contributed by atoms with Crippen LogP contribution in [0.25, 0.3) is 11.3 Å². The minimum atomic E-state index is 0.880. The lowest BCUT2D eigenvalue weighted by molar-refractivity contribution is 0.660. The highest BCUT2D eigenvalue weighted by atomic mass is 15.3. The zero-order valence-corrected chi connectivity index (χ0v) is 9.64. The van der Waals surface area contributed by atoms with Crippen LogP contribution in [0, 0.1) is 0 Å². The summed E-state index contributed by atoms with van der Waals surface area (Å²) in [6, 6.07) is 5.97. The van der Waals surface area contributed by atoms with Crippen molar-refractivity contribution < 1.29 is 0 Å². The van der Waals surface area contributed by atoms with Crippen molar-refractivity contribution in [2.75, 3.05) is 11.9 Å². The van der Waals surface area contributed by atoms with Crippen LogP contribution in [0.5, 0.6) is 0 Å². The van der Waals surface area contributed by atoms with Gasteiger partial charge in [-0.3, -0.25) is 4.68 Å². The molecule has 2 aromatic rings. The number of nitrogens with zero attached hydrogens (tertiary/aromatic N) is 3. The molecule has 0 saturated heterocycles. The summed E-state index contributed by atoms with van der Waals surface area (Å²) in [5.74, 6) is 0.907. The van der Waals surface area contributed by atoms with Crippen LogP contribution in [0.2, 0.25) is 0 Å². The van der Waals surface area contributed by atoms with Crippen molar-refractivity contribution in [2.45, 2.75) is 20.4 Å². The second-order valence-electron chi connectivity index (χ2n) is 3.52. The number of hydrogen-bond donors (Lipinski definition) is 1. The van der Waals surface area contributed by atoms with Crippen LogP contribution in [-0.4, -0.2) is 21.3 Å². The van der Waals surface area contributed by atoms with Gasteiger partial charge in [0.15, 0.2) is 0 Å². The second kappa shape index (κ2) is 4.79. The smallest absolute Gasteiger partial charge is 0.126 e. The van der Waals surface area contributed by atoms with Gasteiger partial charge in [0.05, 0.1) is 11.9 Å². The zero-order valence-electron chi connectivity index (χ0n) is 9.64. The SMILES string of the molecule is CCNc1cccc(-c2cnn(CC)c2)n1. The molecule has 0 spiro atoms. The zero-order chi connectivity index (χ0) is 11.4. The standard InChI is InChI=1S/C12H16N4/c1-3-13-12-7-5-6-11(15-12)10-8-14-16(4-2)9-10/h5-9H,3-4H2,1-2H3,(H,13,15). The van der Waals surface area contributed by atoms with Gasteiger partial charge in [-0.2, -0.15) is 5.10 Å². The molecule has 0 radical (unpaired) electrons. The maximum absolute atomic E-state index is 4.52. The summed E-state index contributed by atoms with van der Waals surface area (Å²) >= 11 is 0.